The fraction of sp³-hybridized carbons (Fsp3) is 0.312. The Morgan fingerprint density at radius 1 is 1.17 bits per heavy atom. The third-order valence-corrected chi connectivity index (χ3v) is 3.24. The molecule has 94 valence electrons. The molecule has 0 aliphatic carbocycles. The molecule has 1 aromatic carbocycles. The Bertz CT molecular complexity index is 503. The molecule has 2 aromatic rings. The lowest BCUT2D eigenvalue weighted by molar-refractivity contribution is 0.670. The summed E-state index contributed by atoms with van der Waals surface area (Å²) in [6, 6.07) is 13.1. The molecular formula is C16H20N2. The summed E-state index contributed by atoms with van der Waals surface area (Å²) in [4.78, 5) is 4.47. The summed E-state index contributed by atoms with van der Waals surface area (Å²) in [7, 11) is 1.97. The molecule has 0 aliphatic rings. The van der Waals surface area contributed by atoms with Crippen LogP contribution in [0.3, 0.4) is 0 Å². The highest BCUT2D eigenvalue weighted by Crippen LogP contribution is 2.21. The van der Waals surface area contributed by atoms with Crippen LogP contribution in [-0.4, -0.2) is 12.0 Å². The predicted molar refractivity (Wildman–Crippen MR) is 75.7 cm³/mol. The van der Waals surface area contributed by atoms with Gasteiger partial charge in [-0.25, -0.2) is 0 Å². The number of hydrogen-bond donors (Lipinski definition) is 1. The average molecular weight is 240 g/mol. The van der Waals surface area contributed by atoms with Crippen LogP contribution in [0.2, 0.25) is 0 Å². The van der Waals surface area contributed by atoms with Crippen molar-refractivity contribution in [2.45, 2.75) is 26.3 Å². The number of benzene rings is 1. The minimum atomic E-state index is 0.163. The number of aromatic nitrogens is 1. The van der Waals surface area contributed by atoms with Gasteiger partial charge in [0.1, 0.15) is 0 Å². The molecule has 0 amide bonds. The predicted octanol–water partition coefficient (Wildman–Crippen LogP) is 3.26. The summed E-state index contributed by atoms with van der Waals surface area (Å²) >= 11 is 0. The molecule has 0 fully saturated rings. The number of hydrogen-bond acceptors (Lipinski definition) is 2. The Hall–Kier alpha value is -1.67. The van der Waals surface area contributed by atoms with Gasteiger partial charge in [0, 0.05) is 6.20 Å². The van der Waals surface area contributed by atoms with E-state index >= 15 is 0 Å². The monoisotopic (exact) mass is 240 g/mol. The maximum Gasteiger partial charge on any atom is 0.0749 e. The Kier molecular flexibility index (Phi) is 4.11. The van der Waals surface area contributed by atoms with E-state index in [2.05, 4.69) is 54.5 Å². The van der Waals surface area contributed by atoms with Crippen molar-refractivity contribution in [3.8, 4) is 0 Å². The van der Waals surface area contributed by atoms with E-state index in [0.29, 0.717) is 0 Å². The molecule has 2 nitrogen and oxygen atoms in total. The first-order chi connectivity index (χ1) is 8.74. The van der Waals surface area contributed by atoms with Crippen molar-refractivity contribution in [1.29, 1.82) is 0 Å². The zero-order valence-corrected chi connectivity index (χ0v) is 11.3. The van der Waals surface area contributed by atoms with Crippen LogP contribution in [0.5, 0.6) is 0 Å². The fourth-order valence-electron chi connectivity index (χ4n) is 2.15. The molecule has 18 heavy (non-hydrogen) atoms. The summed E-state index contributed by atoms with van der Waals surface area (Å²) in [5.74, 6) is 0. The second kappa shape index (κ2) is 5.78. The Morgan fingerprint density at radius 2 is 1.89 bits per heavy atom. The molecule has 2 heteroatoms. The second-order valence-corrected chi connectivity index (χ2v) is 4.57. The minimum Gasteiger partial charge on any atom is -0.308 e. The molecule has 1 atom stereocenters. The van der Waals surface area contributed by atoms with Crippen molar-refractivity contribution >= 4 is 0 Å². The van der Waals surface area contributed by atoms with E-state index in [1.54, 1.807) is 0 Å². The molecule has 0 spiro atoms. The minimum absolute atomic E-state index is 0.163. The van der Waals surface area contributed by atoms with Crippen LogP contribution in [0.15, 0.2) is 42.6 Å². The van der Waals surface area contributed by atoms with Crippen LogP contribution in [0, 0.1) is 6.92 Å². The summed E-state index contributed by atoms with van der Waals surface area (Å²) < 4.78 is 0. The van der Waals surface area contributed by atoms with Gasteiger partial charge in [-0.05, 0) is 49.2 Å². The molecule has 1 aromatic heterocycles. The number of rotatable bonds is 4. The van der Waals surface area contributed by atoms with Gasteiger partial charge >= 0.3 is 0 Å². The average Bonchev–Trinajstić information content (AvgIpc) is 2.40. The van der Waals surface area contributed by atoms with Crippen molar-refractivity contribution in [2.24, 2.45) is 0 Å². The molecule has 0 bridgehead atoms. The lowest BCUT2D eigenvalue weighted by Crippen LogP contribution is -2.18. The lowest BCUT2D eigenvalue weighted by Gasteiger charge is -2.17. The molecule has 1 unspecified atom stereocenters. The summed E-state index contributed by atoms with van der Waals surface area (Å²) in [6.45, 7) is 4.27. The number of aryl methyl sites for hydroxylation is 2. The molecule has 0 saturated carbocycles. The van der Waals surface area contributed by atoms with Gasteiger partial charge in [-0.2, -0.15) is 0 Å². The van der Waals surface area contributed by atoms with Crippen LogP contribution in [0.25, 0.3) is 0 Å². The third-order valence-electron chi connectivity index (χ3n) is 3.24. The Balaban J connectivity index is 2.32. The van der Waals surface area contributed by atoms with Crippen LogP contribution >= 0.6 is 0 Å². The van der Waals surface area contributed by atoms with Gasteiger partial charge < -0.3 is 5.32 Å². The van der Waals surface area contributed by atoms with Crippen molar-refractivity contribution in [2.75, 3.05) is 7.05 Å². The Labute approximate surface area is 109 Å². The molecule has 2 rings (SSSR count). The SMILES string of the molecule is CCc1ccc(C(NC)c2cc(C)ccn2)cc1. The largest absolute Gasteiger partial charge is 0.308 e. The smallest absolute Gasteiger partial charge is 0.0749 e. The van der Waals surface area contributed by atoms with E-state index in [-0.39, 0.29) is 6.04 Å². The maximum atomic E-state index is 4.47. The lowest BCUT2D eigenvalue weighted by atomic mass is 10.0. The van der Waals surface area contributed by atoms with Gasteiger partial charge in [0.15, 0.2) is 0 Å². The Morgan fingerprint density at radius 3 is 2.44 bits per heavy atom. The van der Waals surface area contributed by atoms with E-state index in [0.717, 1.165) is 12.1 Å². The molecule has 0 saturated heterocycles. The van der Waals surface area contributed by atoms with Gasteiger partial charge in [-0.3, -0.25) is 4.98 Å². The number of pyridine rings is 1. The van der Waals surface area contributed by atoms with Gasteiger partial charge in [0.2, 0.25) is 0 Å². The normalized spacial score (nSPS) is 12.4. The standard InChI is InChI=1S/C16H20N2/c1-4-13-5-7-14(8-6-13)16(17-3)15-11-12(2)9-10-18-15/h5-11,16-17H,4H2,1-3H3. The quantitative estimate of drug-likeness (QED) is 0.887. The van der Waals surface area contributed by atoms with Crippen LogP contribution in [-0.2, 0) is 6.42 Å². The van der Waals surface area contributed by atoms with Crippen LogP contribution < -0.4 is 5.32 Å². The highest BCUT2D eigenvalue weighted by atomic mass is 14.9. The number of nitrogens with zero attached hydrogens (tertiary/aromatic N) is 1. The number of nitrogens with one attached hydrogen (secondary N) is 1. The van der Waals surface area contributed by atoms with Gasteiger partial charge in [0.05, 0.1) is 11.7 Å². The van der Waals surface area contributed by atoms with E-state index in [9.17, 15) is 0 Å². The van der Waals surface area contributed by atoms with Crippen LogP contribution in [0.4, 0.5) is 0 Å². The summed E-state index contributed by atoms with van der Waals surface area (Å²) in [5.41, 5.74) is 4.94. The summed E-state index contributed by atoms with van der Waals surface area (Å²) in [5, 5.41) is 3.34. The van der Waals surface area contributed by atoms with E-state index in [1.807, 2.05) is 19.3 Å². The topological polar surface area (TPSA) is 24.9 Å². The van der Waals surface area contributed by atoms with Gasteiger partial charge in [-0.1, -0.05) is 31.2 Å². The third kappa shape index (κ3) is 2.77. The molecule has 0 aliphatic heterocycles. The molecular weight excluding hydrogens is 220 g/mol. The van der Waals surface area contributed by atoms with Gasteiger partial charge in [-0.15, -0.1) is 0 Å². The molecule has 1 N–H and O–H groups in total. The van der Waals surface area contributed by atoms with E-state index in [1.165, 1.54) is 16.7 Å². The molecule has 0 radical (unpaired) electrons. The van der Waals surface area contributed by atoms with Crippen molar-refractivity contribution in [1.82, 2.24) is 10.3 Å². The van der Waals surface area contributed by atoms with Crippen molar-refractivity contribution in [3.63, 3.8) is 0 Å². The first-order valence-corrected chi connectivity index (χ1v) is 6.43. The second-order valence-electron chi connectivity index (χ2n) is 4.57. The van der Waals surface area contributed by atoms with E-state index in [4.69, 9.17) is 0 Å². The first kappa shape index (κ1) is 12.8. The van der Waals surface area contributed by atoms with Crippen molar-refractivity contribution in [3.05, 3.63) is 65.0 Å². The van der Waals surface area contributed by atoms with E-state index < -0.39 is 0 Å². The van der Waals surface area contributed by atoms with Crippen LogP contribution in [0.1, 0.15) is 35.3 Å². The first-order valence-electron chi connectivity index (χ1n) is 6.43. The summed E-state index contributed by atoms with van der Waals surface area (Å²) in [6.07, 6.45) is 2.95. The fourth-order valence-corrected chi connectivity index (χ4v) is 2.15. The highest BCUT2D eigenvalue weighted by Gasteiger charge is 2.12. The zero-order chi connectivity index (χ0) is 13.0. The molecule has 1 heterocycles. The maximum absolute atomic E-state index is 4.47. The van der Waals surface area contributed by atoms with Gasteiger partial charge in [0.25, 0.3) is 0 Å². The zero-order valence-electron chi connectivity index (χ0n) is 11.3. The van der Waals surface area contributed by atoms with Crippen molar-refractivity contribution < 1.29 is 0 Å². The highest BCUT2D eigenvalue weighted by molar-refractivity contribution is 5.31.